The quantitative estimate of drug-likeness (QED) is 0.694. The van der Waals surface area contributed by atoms with Crippen LogP contribution in [-0.2, 0) is 13.1 Å². The van der Waals surface area contributed by atoms with E-state index < -0.39 is 0 Å². The maximum absolute atomic E-state index is 5.79. The van der Waals surface area contributed by atoms with Gasteiger partial charge in [-0.2, -0.15) is 0 Å². The van der Waals surface area contributed by atoms with Crippen molar-refractivity contribution in [3.63, 3.8) is 0 Å². The van der Waals surface area contributed by atoms with Gasteiger partial charge in [0.1, 0.15) is 11.5 Å². The summed E-state index contributed by atoms with van der Waals surface area (Å²) >= 11 is 0. The van der Waals surface area contributed by atoms with E-state index in [1.165, 1.54) is 5.56 Å². The van der Waals surface area contributed by atoms with E-state index in [2.05, 4.69) is 56.2 Å². The van der Waals surface area contributed by atoms with Crippen LogP contribution in [0, 0.1) is 6.92 Å². The van der Waals surface area contributed by atoms with Crippen LogP contribution in [0.15, 0.2) is 10.5 Å². The largest absolute Gasteiger partial charge is 0.465 e. The summed E-state index contributed by atoms with van der Waals surface area (Å²) < 4.78 is 5.79. The zero-order valence-corrected chi connectivity index (χ0v) is 13.1. The predicted molar refractivity (Wildman–Crippen MR) is 80.3 cm³/mol. The summed E-state index contributed by atoms with van der Waals surface area (Å²) in [6, 6.07) is 2.18. The first-order chi connectivity index (χ1) is 9.02. The monoisotopic (exact) mass is 267 g/mol. The number of rotatable bonds is 9. The summed E-state index contributed by atoms with van der Waals surface area (Å²) in [7, 11) is 6.37. The Morgan fingerprint density at radius 2 is 1.95 bits per heavy atom. The lowest BCUT2D eigenvalue weighted by molar-refractivity contribution is 0.275. The highest BCUT2D eigenvalue weighted by Gasteiger charge is 2.09. The first-order valence-electron chi connectivity index (χ1n) is 7.15. The van der Waals surface area contributed by atoms with E-state index >= 15 is 0 Å². The minimum Gasteiger partial charge on any atom is -0.465 e. The van der Waals surface area contributed by atoms with Gasteiger partial charge in [-0.25, -0.2) is 0 Å². The molecule has 0 spiro atoms. The third kappa shape index (κ3) is 6.23. The fraction of sp³-hybridized carbons (Fsp3) is 0.733. The number of hydrogen-bond acceptors (Lipinski definition) is 4. The summed E-state index contributed by atoms with van der Waals surface area (Å²) in [5.41, 5.74) is 1.30. The number of furan rings is 1. The lowest BCUT2D eigenvalue weighted by Crippen LogP contribution is -2.28. The van der Waals surface area contributed by atoms with Crippen LogP contribution in [0.3, 0.4) is 0 Å². The molecule has 4 heteroatoms. The predicted octanol–water partition coefficient (Wildman–Crippen LogP) is 2.08. The van der Waals surface area contributed by atoms with Crippen molar-refractivity contribution in [2.45, 2.75) is 33.4 Å². The highest BCUT2D eigenvalue weighted by Crippen LogP contribution is 2.16. The molecule has 0 unspecified atom stereocenters. The van der Waals surface area contributed by atoms with Crippen LogP contribution in [0.5, 0.6) is 0 Å². The number of aryl methyl sites for hydroxylation is 1. The van der Waals surface area contributed by atoms with E-state index in [9.17, 15) is 0 Å². The van der Waals surface area contributed by atoms with Crippen LogP contribution >= 0.6 is 0 Å². The van der Waals surface area contributed by atoms with Crippen molar-refractivity contribution in [1.29, 1.82) is 0 Å². The molecule has 0 aliphatic heterocycles. The molecule has 19 heavy (non-hydrogen) atoms. The van der Waals surface area contributed by atoms with Crippen molar-refractivity contribution < 1.29 is 4.42 Å². The van der Waals surface area contributed by atoms with Gasteiger partial charge < -0.3 is 19.5 Å². The molecule has 0 aliphatic carbocycles. The molecule has 1 aromatic rings. The fourth-order valence-electron chi connectivity index (χ4n) is 1.96. The van der Waals surface area contributed by atoms with Gasteiger partial charge in [-0.05, 0) is 47.1 Å². The van der Waals surface area contributed by atoms with Gasteiger partial charge in [-0.1, -0.05) is 6.92 Å². The summed E-state index contributed by atoms with van der Waals surface area (Å²) in [6.07, 6.45) is 1.15. The average Bonchev–Trinajstić information content (AvgIpc) is 2.68. The van der Waals surface area contributed by atoms with Gasteiger partial charge in [-0.3, -0.25) is 0 Å². The van der Waals surface area contributed by atoms with Crippen LogP contribution < -0.4 is 5.32 Å². The Balaban J connectivity index is 2.44. The molecule has 0 bridgehead atoms. The van der Waals surface area contributed by atoms with Crippen LogP contribution in [0.2, 0.25) is 0 Å². The van der Waals surface area contributed by atoms with Crippen LogP contribution in [0.4, 0.5) is 0 Å². The molecule has 0 atom stereocenters. The van der Waals surface area contributed by atoms with Gasteiger partial charge in [0.05, 0.1) is 6.54 Å². The Morgan fingerprint density at radius 1 is 1.21 bits per heavy atom. The third-order valence-electron chi connectivity index (χ3n) is 3.17. The van der Waals surface area contributed by atoms with Crippen molar-refractivity contribution in [2.24, 2.45) is 0 Å². The Kier molecular flexibility index (Phi) is 7.13. The van der Waals surface area contributed by atoms with Crippen molar-refractivity contribution in [2.75, 3.05) is 40.8 Å². The minimum absolute atomic E-state index is 0.829. The second-order valence-corrected chi connectivity index (χ2v) is 5.51. The third-order valence-corrected chi connectivity index (χ3v) is 3.17. The van der Waals surface area contributed by atoms with E-state index in [0.717, 1.165) is 50.7 Å². The molecule has 1 aromatic heterocycles. The first kappa shape index (κ1) is 16.2. The lowest BCUT2D eigenvalue weighted by atomic mass is 10.2. The Morgan fingerprint density at radius 3 is 2.58 bits per heavy atom. The minimum atomic E-state index is 0.829. The number of likely N-dealkylation sites (N-methyl/N-ethyl adjacent to an activating group) is 2. The van der Waals surface area contributed by atoms with Gasteiger partial charge in [0.2, 0.25) is 0 Å². The van der Waals surface area contributed by atoms with E-state index in [1.54, 1.807) is 0 Å². The van der Waals surface area contributed by atoms with Crippen LogP contribution in [-0.4, -0.2) is 50.6 Å². The van der Waals surface area contributed by atoms with Crippen molar-refractivity contribution in [3.05, 3.63) is 23.2 Å². The summed E-state index contributed by atoms with van der Waals surface area (Å²) in [6.45, 7) is 9.20. The summed E-state index contributed by atoms with van der Waals surface area (Å²) in [4.78, 5) is 4.54. The molecule has 0 aliphatic rings. The fourth-order valence-corrected chi connectivity index (χ4v) is 1.96. The van der Waals surface area contributed by atoms with Gasteiger partial charge in [-0.15, -0.1) is 0 Å². The van der Waals surface area contributed by atoms with Crippen molar-refractivity contribution >= 4 is 0 Å². The molecule has 1 N–H and O–H groups in total. The molecule has 0 fully saturated rings. The van der Waals surface area contributed by atoms with E-state index in [1.807, 2.05) is 0 Å². The highest BCUT2D eigenvalue weighted by molar-refractivity contribution is 5.20. The zero-order chi connectivity index (χ0) is 14.3. The molecule has 0 saturated heterocycles. The van der Waals surface area contributed by atoms with Crippen molar-refractivity contribution in [3.8, 4) is 0 Å². The van der Waals surface area contributed by atoms with Gasteiger partial charge in [0, 0.05) is 25.2 Å². The summed E-state index contributed by atoms with van der Waals surface area (Å²) in [5, 5.41) is 3.37. The number of nitrogens with one attached hydrogen (secondary N) is 1. The van der Waals surface area contributed by atoms with E-state index in [-0.39, 0.29) is 0 Å². The molecular formula is C15H29N3O. The standard InChI is InChI=1S/C15H29N3O/c1-6-7-16-11-15-10-14(13(2)19-15)12-18(5)9-8-17(3)4/h10,16H,6-9,11-12H2,1-5H3. The first-order valence-corrected chi connectivity index (χ1v) is 7.15. The lowest BCUT2D eigenvalue weighted by Gasteiger charge is -2.18. The van der Waals surface area contributed by atoms with Gasteiger partial charge >= 0.3 is 0 Å². The Hall–Kier alpha value is -0.840. The van der Waals surface area contributed by atoms with Crippen LogP contribution in [0.1, 0.15) is 30.4 Å². The molecule has 1 rings (SSSR count). The number of hydrogen-bond donors (Lipinski definition) is 1. The highest BCUT2D eigenvalue weighted by atomic mass is 16.3. The topological polar surface area (TPSA) is 31.6 Å². The summed E-state index contributed by atoms with van der Waals surface area (Å²) in [5.74, 6) is 2.09. The Labute approximate surface area is 117 Å². The van der Waals surface area contributed by atoms with E-state index in [4.69, 9.17) is 4.42 Å². The number of nitrogens with zero attached hydrogens (tertiary/aromatic N) is 2. The maximum atomic E-state index is 5.79. The molecule has 0 amide bonds. The second-order valence-electron chi connectivity index (χ2n) is 5.51. The molecule has 0 aromatic carbocycles. The van der Waals surface area contributed by atoms with Gasteiger partial charge in [0.15, 0.2) is 0 Å². The second kappa shape index (κ2) is 8.35. The molecule has 110 valence electrons. The molecule has 1 heterocycles. The molecular weight excluding hydrogens is 238 g/mol. The van der Waals surface area contributed by atoms with Crippen LogP contribution in [0.25, 0.3) is 0 Å². The molecule has 0 radical (unpaired) electrons. The molecule has 0 saturated carbocycles. The Bertz CT molecular complexity index is 360. The zero-order valence-electron chi connectivity index (χ0n) is 13.1. The van der Waals surface area contributed by atoms with Gasteiger partial charge in [0.25, 0.3) is 0 Å². The normalized spacial score (nSPS) is 11.7. The van der Waals surface area contributed by atoms with Crippen molar-refractivity contribution in [1.82, 2.24) is 15.1 Å². The average molecular weight is 267 g/mol. The van der Waals surface area contributed by atoms with E-state index in [0.29, 0.717) is 0 Å². The maximum Gasteiger partial charge on any atom is 0.118 e. The molecule has 4 nitrogen and oxygen atoms in total. The SMILES string of the molecule is CCCNCc1cc(CN(C)CCN(C)C)c(C)o1. The smallest absolute Gasteiger partial charge is 0.118 e.